The molecular weight excluding hydrogens is 254 g/mol. The topological polar surface area (TPSA) is 58.6 Å². The molecule has 0 bridgehead atoms. The number of carbonyl (C=O) groups excluding carboxylic acids is 1. The van der Waals surface area contributed by atoms with Crippen LogP contribution in [0.25, 0.3) is 0 Å². The van der Waals surface area contributed by atoms with Gasteiger partial charge in [0, 0.05) is 0 Å². The van der Waals surface area contributed by atoms with Gasteiger partial charge >= 0.3 is 0 Å². The number of aliphatic hydroxyl groups is 1. The SMILES string of the molecule is CC(C)(CO)NC(=O)COc1ccccc1C(C)(C)C. The lowest BCUT2D eigenvalue weighted by atomic mass is 9.86. The van der Waals surface area contributed by atoms with Crippen LogP contribution in [0.15, 0.2) is 24.3 Å². The van der Waals surface area contributed by atoms with Crippen molar-refractivity contribution in [1.82, 2.24) is 5.32 Å². The van der Waals surface area contributed by atoms with Crippen molar-refractivity contribution in [2.75, 3.05) is 13.2 Å². The molecule has 0 aliphatic heterocycles. The van der Waals surface area contributed by atoms with Crippen LogP contribution in [-0.2, 0) is 10.2 Å². The Morgan fingerprint density at radius 1 is 1.20 bits per heavy atom. The van der Waals surface area contributed by atoms with E-state index in [1.165, 1.54) is 0 Å². The molecule has 0 saturated heterocycles. The first kappa shape index (κ1) is 16.5. The zero-order valence-electron chi connectivity index (χ0n) is 13.0. The molecule has 112 valence electrons. The van der Waals surface area contributed by atoms with Crippen LogP contribution in [0.3, 0.4) is 0 Å². The summed E-state index contributed by atoms with van der Waals surface area (Å²) in [6, 6.07) is 7.72. The summed E-state index contributed by atoms with van der Waals surface area (Å²) < 4.78 is 5.62. The van der Waals surface area contributed by atoms with Crippen LogP contribution in [-0.4, -0.2) is 29.8 Å². The van der Waals surface area contributed by atoms with Gasteiger partial charge in [-0.1, -0.05) is 39.0 Å². The molecule has 0 fully saturated rings. The Labute approximate surface area is 121 Å². The van der Waals surface area contributed by atoms with Crippen LogP contribution in [0.2, 0.25) is 0 Å². The maximum absolute atomic E-state index is 11.8. The van der Waals surface area contributed by atoms with E-state index in [0.29, 0.717) is 0 Å². The Kier molecular flexibility index (Phi) is 5.17. The van der Waals surface area contributed by atoms with Crippen molar-refractivity contribution in [3.63, 3.8) is 0 Å². The van der Waals surface area contributed by atoms with E-state index in [1.807, 2.05) is 24.3 Å². The molecular formula is C16H25NO3. The molecule has 0 radical (unpaired) electrons. The monoisotopic (exact) mass is 279 g/mol. The Balaban J connectivity index is 2.70. The summed E-state index contributed by atoms with van der Waals surface area (Å²) in [6.07, 6.45) is 0. The lowest BCUT2D eigenvalue weighted by molar-refractivity contribution is -0.125. The first-order valence-corrected chi connectivity index (χ1v) is 6.80. The molecule has 4 heteroatoms. The van der Waals surface area contributed by atoms with E-state index < -0.39 is 5.54 Å². The molecule has 0 atom stereocenters. The number of aliphatic hydroxyl groups excluding tert-OH is 1. The van der Waals surface area contributed by atoms with E-state index in [2.05, 4.69) is 26.1 Å². The quantitative estimate of drug-likeness (QED) is 0.869. The third-order valence-corrected chi connectivity index (χ3v) is 2.93. The second-order valence-corrected chi connectivity index (χ2v) is 6.63. The molecule has 0 aliphatic carbocycles. The number of para-hydroxylation sites is 1. The van der Waals surface area contributed by atoms with E-state index in [1.54, 1.807) is 13.8 Å². The average molecular weight is 279 g/mol. The fourth-order valence-electron chi connectivity index (χ4n) is 1.81. The van der Waals surface area contributed by atoms with Crippen LogP contribution in [0.4, 0.5) is 0 Å². The summed E-state index contributed by atoms with van der Waals surface area (Å²) in [5.74, 6) is 0.477. The van der Waals surface area contributed by atoms with Crippen molar-refractivity contribution in [3.8, 4) is 5.75 Å². The standard InChI is InChI=1S/C16H25NO3/c1-15(2,3)12-8-6-7-9-13(12)20-10-14(19)17-16(4,5)11-18/h6-9,18H,10-11H2,1-5H3,(H,17,19). The number of hydrogen-bond acceptors (Lipinski definition) is 3. The normalized spacial score (nSPS) is 12.1. The van der Waals surface area contributed by atoms with Gasteiger partial charge in [-0.2, -0.15) is 0 Å². The van der Waals surface area contributed by atoms with Gasteiger partial charge in [-0.05, 0) is 30.9 Å². The minimum absolute atomic E-state index is 0.0442. The third kappa shape index (κ3) is 4.85. The van der Waals surface area contributed by atoms with Crippen molar-refractivity contribution in [2.24, 2.45) is 0 Å². The van der Waals surface area contributed by atoms with Crippen molar-refractivity contribution < 1.29 is 14.6 Å². The van der Waals surface area contributed by atoms with Gasteiger partial charge in [-0.15, -0.1) is 0 Å². The minimum atomic E-state index is -0.635. The van der Waals surface area contributed by atoms with E-state index in [9.17, 15) is 4.79 Å². The van der Waals surface area contributed by atoms with Crippen LogP contribution in [0.1, 0.15) is 40.2 Å². The molecule has 0 aliphatic rings. The van der Waals surface area contributed by atoms with Crippen molar-refractivity contribution >= 4 is 5.91 Å². The molecule has 0 unspecified atom stereocenters. The van der Waals surface area contributed by atoms with Gasteiger partial charge in [0.2, 0.25) is 0 Å². The lowest BCUT2D eigenvalue weighted by Gasteiger charge is -2.25. The largest absolute Gasteiger partial charge is 0.483 e. The fraction of sp³-hybridized carbons (Fsp3) is 0.562. The second-order valence-electron chi connectivity index (χ2n) is 6.63. The highest BCUT2D eigenvalue weighted by Crippen LogP contribution is 2.30. The Morgan fingerprint density at radius 2 is 1.80 bits per heavy atom. The van der Waals surface area contributed by atoms with Crippen LogP contribution >= 0.6 is 0 Å². The van der Waals surface area contributed by atoms with Crippen LogP contribution in [0.5, 0.6) is 5.75 Å². The molecule has 1 aromatic carbocycles. The molecule has 4 nitrogen and oxygen atoms in total. The van der Waals surface area contributed by atoms with E-state index in [4.69, 9.17) is 9.84 Å². The molecule has 2 N–H and O–H groups in total. The van der Waals surface area contributed by atoms with Crippen LogP contribution in [0, 0.1) is 0 Å². The Hall–Kier alpha value is -1.55. The van der Waals surface area contributed by atoms with Gasteiger partial charge in [0.1, 0.15) is 5.75 Å². The fourth-order valence-corrected chi connectivity index (χ4v) is 1.81. The molecule has 1 aromatic rings. The summed E-state index contributed by atoms with van der Waals surface area (Å²) in [5, 5.41) is 11.8. The van der Waals surface area contributed by atoms with Crippen LogP contribution < -0.4 is 10.1 Å². The summed E-state index contributed by atoms with van der Waals surface area (Å²) in [6.45, 7) is 9.65. The average Bonchev–Trinajstić information content (AvgIpc) is 2.35. The number of hydrogen-bond donors (Lipinski definition) is 2. The highest BCUT2D eigenvalue weighted by Gasteiger charge is 2.21. The number of carbonyl (C=O) groups is 1. The van der Waals surface area contributed by atoms with E-state index in [0.717, 1.165) is 11.3 Å². The smallest absolute Gasteiger partial charge is 0.258 e. The maximum atomic E-state index is 11.8. The van der Waals surface area contributed by atoms with Gasteiger partial charge in [0.15, 0.2) is 6.61 Å². The number of nitrogens with one attached hydrogen (secondary N) is 1. The lowest BCUT2D eigenvalue weighted by Crippen LogP contribution is -2.48. The zero-order valence-corrected chi connectivity index (χ0v) is 13.0. The molecule has 1 rings (SSSR count). The Morgan fingerprint density at radius 3 is 2.35 bits per heavy atom. The second kappa shape index (κ2) is 6.27. The summed E-state index contributed by atoms with van der Waals surface area (Å²) in [7, 11) is 0. The van der Waals surface area contributed by atoms with E-state index >= 15 is 0 Å². The summed E-state index contributed by atoms with van der Waals surface area (Å²) in [5.41, 5.74) is 0.385. The first-order chi connectivity index (χ1) is 9.15. The van der Waals surface area contributed by atoms with Crippen molar-refractivity contribution in [3.05, 3.63) is 29.8 Å². The first-order valence-electron chi connectivity index (χ1n) is 6.80. The van der Waals surface area contributed by atoms with Gasteiger partial charge in [0.25, 0.3) is 5.91 Å². The summed E-state index contributed by atoms with van der Waals surface area (Å²) >= 11 is 0. The molecule has 0 aromatic heterocycles. The summed E-state index contributed by atoms with van der Waals surface area (Å²) in [4.78, 5) is 11.8. The van der Waals surface area contributed by atoms with E-state index in [-0.39, 0.29) is 24.5 Å². The van der Waals surface area contributed by atoms with Gasteiger partial charge < -0.3 is 15.2 Å². The zero-order chi connectivity index (χ0) is 15.4. The number of benzene rings is 1. The van der Waals surface area contributed by atoms with Gasteiger partial charge in [-0.25, -0.2) is 0 Å². The highest BCUT2D eigenvalue weighted by molar-refractivity contribution is 5.78. The Bertz CT molecular complexity index is 461. The van der Waals surface area contributed by atoms with Crippen molar-refractivity contribution in [2.45, 2.75) is 45.6 Å². The van der Waals surface area contributed by atoms with Crippen molar-refractivity contribution in [1.29, 1.82) is 0 Å². The molecule has 20 heavy (non-hydrogen) atoms. The molecule has 0 spiro atoms. The van der Waals surface area contributed by atoms with Gasteiger partial charge in [-0.3, -0.25) is 4.79 Å². The molecule has 0 heterocycles. The number of amides is 1. The number of rotatable bonds is 5. The maximum Gasteiger partial charge on any atom is 0.258 e. The number of ether oxygens (including phenoxy) is 1. The minimum Gasteiger partial charge on any atom is -0.483 e. The third-order valence-electron chi connectivity index (χ3n) is 2.93. The predicted molar refractivity (Wildman–Crippen MR) is 79.9 cm³/mol. The molecule has 1 amide bonds. The van der Waals surface area contributed by atoms with Gasteiger partial charge in [0.05, 0.1) is 12.1 Å². The molecule has 0 saturated carbocycles. The highest BCUT2D eigenvalue weighted by atomic mass is 16.5. The predicted octanol–water partition coefficient (Wildman–Crippen LogP) is 2.25.